The summed E-state index contributed by atoms with van der Waals surface area (Å²) in [6.45, 7) is 3.84. The van der Waals surface area contributed by atoms with E-state index in [0.717, 1.165) is 11.1 Å². The quantitative estimate of drug-likeness (QED) is 0.872. The van der Waals surface area contributed by atoms with Crippen molar-refractivity contribution < 1.29 is 14.7 Å². The number of carboxylic acid groups (broad SMARTS) is 1. The number of aliphatic carboxylic acids is 1. The van der Waals surface area contributed by atoms with Gasteiger partial charge in [-0.25, -0.2) is 0 Å². The van der Waals surface area contributed by atoms with Crippen molar-refractivity contribution in [1.29, 1.82) is 0 Å². The molecule has 1 amide bonds. The van der Waals surface area contributed by atoms with E-state index in [4.69, 9.17) is 11.6 Å². The van der Waals surface area contributed by atoms with Crippen LogP contribution in [-0.2, 0) is 9.59 Å². The summed E-state index contributed by atoms with van der Waals surface area (Å²) in [5, 5.41) is 14.6. The van der Waals surface area contributed by atoms with Crippen molar-refractivity contribution in [1.82, 2.24) is 0 Å². The highest BCUT2D eigenvalue weighted by Crippen LogP contribution is 2.34. The maximum Gasteiger partial charge on any atom is 0.228 e. The molecule has 21 heavy (non-hydrogen) atoms. The summed E-state index contributed by atoms with van der Waals surface area (Å²) < 4.78 is 0. The molecule has 2 atom stereocenters. The highest BCUT2D eigenvalue weighted by atomic mass is 35.5. The predicted octanol–water partition coefficient (Wildman–Crippen LogP) is 2.39. The van der Waals surface area contributed by atoms with Gasteiger partial charge in [-0.15, -0.1) is 0 Å². The molecule has 1 aromatic carbocycles. The molecule has 1 aliphatic carbocycles. The fourth-order valence-electron chi connectivity index (χ4n) is 2.58. The number of benzene rings is 1. The fraction of sp³-hybridized carbons (Fsp3) is 0.375. The maximum atomic E-state index is 12.4. The molecule has 2 unspecified atom stereocenters. The monoisotopic (exact) mass is 306 g/mol. The molecule has 0 aliphatic heterocycles. The number of amides is 1. The zero-order valence-corrected chi connectivity index (χ0v) is 12.7. The topological polar surface area (TPSA) is 69.2 Å². The summed E-state index contributed by atoms with van der Waals surface area (Å²) in [4.78, 5) is 23.6. The van der Waals surface area contributed by atoms with E-state index in [1.54, 1.807) is 24.3 Å². The number of nitrogens with one attached hydrogen (secondary N) is 1. The van der Waals surface area contributed by atoms with Crippen LogP contribution in [-0.4, -0.2) is 11.9 Å². The molecule has 1 aromatic rings. The van der Waals surface area contributed by atoms with Crippen LogP contribution in [0.3, 0.4) is 0 Å². The molecule has 1 aliphatic rings. The minimum absolute atomic E-state index is 0.293. The third kappa shape index (κ3) is 3.64. The number of carboxylic acids is 1. The van der Waals surface area contributed by atoms with Crippen molar-refractivity contribution in [3.63, 3.8) is 0 Å². The SMILES string of the molecule is CC1=C(C)CC(C(=O)Nc2ccc(Cl)cc2)C(C(=O)[O-])C1. The molecule has 112 valence electrons. The molecule has 5 heteroatoms. The second kappa shape index (κ2) is 6.31. The number of rotatable bonds is 3. The fourth-order valence-corrected chi connectivity index (χ4v) is 2.71. The maximum absolute atomic E-state index is 12.4. The number of carbonyl (C=O) groups is 2. The first-order valence-electron chi connectivity index (χ1n) is 6.81. The average Bonchev–Trinajstić information content (AvgIpc) is 2.43. The van der Waals surface area contributed by atoms with Gasteiger partial charge in [0.25, 0.3) is 0 Å². The molecular weight excluding hydrogens is 290 g/mol. The number of hydrogen-bond acceptors (Lipinski definition) is 3. The predicted molar refractivity (Wildman–Crippen MR) is 79.7 cm³/mol. The Kier molecular flexibility index (Phi) is 4.68. The number of hydrogen-bond donors (Lipinski definition) is 1. The van der Waals surface area contributed by atoms with Crippen LogP contribution in [0.4, 0.5) is 5.69 Å². The van der Waals surface area contributed by atoms with Crippen LogP contribution in [0.1, 0.15) is 26.7 Å². The zero-order valence-electron chi connectivity index (χ0n) is 12.0. The Morgan fingerprint density at radius 2 is 1.62 bits per heavy atom. The van der Waals surface area contributed by atoms with Gasteiger partial charge in [-0.05, 0) is 51.0 Å². The van der Waals surface area contributed by atoms with Crippen molar-refractivity contribution in [2.75, 3.05) is 5.32 Å². The number of allylic oxidation sites excluding steroid dienone is 2. The Morgan fingerprint density at radius 3 is 2.14 bits per heavy atom. The van der Waals surface area contributed by atoms with E-state index in [-0.39, 0.29) is 5.91 Å². The highest BCUT2D eigenvalue weighted by Gasteiger charge is 2.33. The van der Waals surface area contributed by atoms with Gasteiger partial charge in [0, 0.05) is 22.6 Å². The second-order valence-corrected chi connectivity index (χ2v) is 5.93. The zero-order chi connectivity index (χ0) is 15.6. The van der Waals surface area contributed by atoms with E-state index < -0.39 is 17.8 Å². The van der Waals surface area contributed by atoms with E-state index in [1.165, 1.54) is 0 Å². The summed E-state index contributed by atoms with van der Waals surface area (Å²) in [5.41, 5.74) is 2.70. The van der Waals surface area contributed by atoms with Gasteiger partial charge in [-0.3, -0.25) is 4.79 Å². The van der Waals surface area contributed by atoms with Crippen molar-refractivity contribution in [3.05, 3.63) is 40.4 Å². The first-order valence-corrected chi connectivity index (χ1v) is 7.18. The lowest BCUT2D eigenvalue weighted by molar-refractivity contribution is -0.313. The summed E-state index contributed by atoms with van der Waals surface area (Å²) >= 11 is 5.79. The lowest BCUT2D eigenvalue weighted by atomic mass is 9.76. The highest BCUT2D eigenvalue weighted by molar-refractivity contribution is 6.30. The van der Waals surface area contributed by atoms with Crippen LogP contribution >= 0.6 is 11.6 Å². The Morgan fingerprint density at radius 1 is 1.10 bits per heavy atom. The third-order valence-electron chi connectivity index (χ3n) is 4.02. The molecule has 2 rings (SSSR count). The van der Waals surface area contributed by atoms with Gasteiger partial charge in [-0.1, -0.05) is 22.7 Å². The van der Waals surface area contributed by atoms with Gasteiger partial charge in [0.1, 0.15) is 0 Å². The minimum Gasteiger partial charge on any atom is -0.550 e. The third-order valence-corrected chi connectivity index (χ3v) is 4.27. The van der Waals surface area contributed by atoms with Crippen molar-refractivity contribution in [2.24, 2.45) is 11.8 Å². The molecule has 0 spiro atoms. The van der Waals surface area contributed by atoms with Gasteiger partial charge in [0.2, 0.25) is 5.91 Å². The first-order chi connectivity index (χ1) is 9.88. The average molecular weight is 307 g/mol. The normalized spacial score (nSPS) is 22.0. The molecule has 1 N–H and O–H groups in total. The largest absolute Gasteiger partial charge is 0.550 e. The van der Waals surface area contributed by atoms with Gasteiger partial charge < -0.3 is 15.2 Å². The summed E-state index contributed by atoms with van der Waals surface area (Å²) in [7, 11) is 0. The van der Waals surface area contributed by atoms with Crippen molar-refractivity contribution in [2.45, 2.75) is 26.7 Å². The van der Waals surface area contributed by atoms with Crippen LogP contribution in [0.5, 0.6) is 0 Å². The molecule has 0 saturated heterocycles. The first kappa shape index (κ1) is 15.6. The van der Waals surface area contributed by atoms with Gasteiger partial charge in [-0.2, -0.15) is 0 Å². The molecule has 0 fully saturated rings. The molecule has 0 heterocycles. The minimum atomic E-state index is -1.17. The Hall–Kier alpha value is -1.81. The Labute approximate surface area is 128 Å². The number of halogens is 1. The van der Waals surface area contributed by atoms with E-state index in [9.17, 15) is 14.7 Å². The van der Waals surface area contributed by atoms with Crippen LogP contribution in [0.15, 0.2) is 35.4 Å². The van der Waals surface area contributed by atoms with Crippen LogP contribution in [0.2, 0.25) is 5.02 Å². The Balaban J connectivity index is 2.16. The van der Waals surface area contributed by atoms with Crippen LogP contribution in [0, 0.1) is 11.8 Å². The molecule has 0 saturated carbocycles. The van der Waals surface area contributed by atoms with Gasteiger partial charge >= 0.3 is 0 Å². The molecule has 0 radical (unpaired) electrons. The Bertz CT molecular complexity index is 592. The van der Waals surface area contributed by atoms with E-state index in [1.807, 2.05) is 13.8 Å². The molecular formula is C16H17ClNO3-. The lowest BCUT2D eigenvalue weighted by Gasteiger charge is -2.32. The standard InChI is InChI=1S/C16H18ClNO3/c1-9-7-13(14(16(20)21)8-10(9)2)15(19)18-12-5-3-11(17)4-6-12/h3-6,13-14H,7-8H2,1-2H3,(H,18,19)(H,20,21)/p-1. The lowest BCUT2D eigenvalue weighted by Crippen LogP contribution is -2.42. The van der Waals surface area contributed by atoms with Crippen LogP contribution in [0.25, 0.3) is 0 Å². The summed E-state index contributed by atoms with van der Waals surface area (Å²) in [5.74, 6) is -2.84. The summed E-state index contributed by atoms with van der Waals surface area (Å²) in [6, 6.07) is 6.71. The molecule has 0 bridgehead atoms. The van der Waals surface area contributed by atoms with Gasteiger partial charge in [0.15, 0.2) is 0 Å². The van der Waals surface area contributed by atoms with E-state index in [2.05, 4.69) is 5.32 Å². The van der Waals surface area contributed by atoms with E-state index >= 15 is 0 Å². The molecule has 4 nitrogen and oxygen atoms in total. The number of carbonyl (C=O) groups excluding carboxylic acids is 2. The second-order valence-electron chi connectivity index (χ2n) is 5.50. The summed E-state index contributed by atoms with van der Waals surface area (Å²) in [6.07, 6.45) is 0.816. The van der Waals surface area contributed by atoms with Gasteiger partial charge in [0.05, 0.1) is 5.92 Å². The van der Waals surface area contributed by atoms with Crippen LogP contribution < -0.4 is 10.4 Å². The van der Waals surface area contributed by atoms with Crippen molar-refractivity contribution >= 4 is 29.2 Å². The molecule has 0 aromatic heterocycles. The van der Waals surface area contributed by atoms with E-state index in [0.29, 0.717) is 23.6 Å². The smallest absolute Gasteiger partial charge is 0.228 e. The van der Waals surface area contributed by atoms with Crippen molar-refractivity contribution in [3.8, 4) is 0 Å². The number of anilines is 1.